The van der Waals surface area contributed by atoms with E-state index >= 15 is 0 Å². The highest BCUT2D eigenvalue weighted by Gasteiger charge is 2.28. The van der Waals surface area contributed by atoms with E-state index < -0.39 is 9.84 Å². The Labute approximate surface area is 130 Å². The van der Waals surface area contributed by atoms with Crippen molar-refractivity contribution < 1.29 is 17.9 Å². The van der Waals surface area contributed by atoms with Crippen molar-refractivity contribution in [1.82, 2.24) is 5.32 Å². The Bertz CT molecular complexity index is 620. The molecule has 0 spiro atoms. The van der Waals surface area contributed by atoms with Crippen molar-refractivity contribution in [3.63, 3.8) is 0 Å². The Hall–Kier alpha value is -0.790. The molecular weight excluding hydrogens is 370 g/mol. The molecule has 1 aromatic rings. The number of nitrogens with one attached hydrogen (secondary N) is 1. The highest BCUT2D eigenvalue weighted by molar-refractivity contribution is 9.10. The fourth-order valence-electron chi connectivity index (χ4n) is 1.91. The van der Waals surface area contributed by atoms with Gasteiger partial charge in [-0.3, -0.25) is 4.79 Å². The summed E-state index contributed by atoms with van der Waals surface area (Å²) in [6.45, 7) is -0.197. The number of halogens is 2. The van der Waals surface area contributed by atoms with Crippen molar-refractivity contribution in [3.05, 3.63) is 27.7 Å². The van der Waals surface area contributed by atoms with Gasteiger partial charge in [0, 0.05) is 10.5 Å². The normalized spacial score (nSPS) is 20.6. The largest absolute Gasteiger partial charge is 0.482 e. The van der Waals surface area contributed by atoms with Crippen LogP contribution in [0.15, 0.2) is 22.7 Å². The number of hydrogen-bond donors (Lipinski definition) is 1. The summed E-state index contributed by atoms with van der Waals surface area (Å²) >= 11 is 9.22. The minimum absolute atomic E-state index is 0.00220. The Morgan fingerprint density at radius 3 is 2.85 bits per heavy atom. The van der Waals surface area contributed by atoms with Crippen LogP contribution in [0, 0.1) is 0 Å². The summed E-state index contributed by atoms with van der Waals surface area (Å²) in [5, 5.41) is 3.04. The second-order valence-electron chi connectivity index (χ2n) is 4.53. The minimum Gasteiger partial charge on any atom is -0.482 e. The molecule has 8 heteroatoms. The third-order valence-corrected chi connectivity index (χ3v) is 5.41. The van der Waals surface area contributed by atoms with E-state index in [1.165, 1.54) is 0 Å². The molecule has 1 heterocycles. The lowest BCUT2D eigenvalue weighted by Gasteiger charge is -2.12. The number of carbonyl (C=O) groups excluding carboxylic acids is 1. The number of carbonyl (C=O) groups is 1. The van der Waals surface area contributed by atoms with Crippen LogP contribution in [0.1, 0.15) is 6.42 Å². The van der Waals surface area contributed by atoms with Gasteiger partial charge in [0.25, 0.3) is 5.91 Å². The maximum absolute atomic E-state index is 11.7. The lowest BCUT2D eigenvalue weighted by Crippen LogP contribution is -2.38. The summed E-state index contributed by atoms with van der Waals surface area (Å²) in [5.41, 5.74) is 0. The number of rotatable bonds is 4. The number of sulfone groups is 1. The molecule has 1 fully saturated rings. The zero-order valence-electron chi connectivity index (χ0n) is 10.4. The highest BCUT2D eigenvalue weighted by Crippen LogP contribution is 2.27. The van der Waals surface area contributed by atoms with Crippen LogP contribution in [-0.4, -0.2) is 38.5 Å². The standard InChI is InChI=1S/C12H13BrClNO4S/c13-8-1-2-11(10(14)5-8)19-6-12(16)15-9-3-4-20(17,18)7-9/h1-2,5,9H,3-4,6-7H2,(H,15,16)/t9-/m0/s1. The average Bonchev–Trinajstić information content (AvgIpc) is 2.67. The van der Waals surface area contributed by atoms with Crippen LogP contribution in [-0.2, 0) is 14.6 Å². The summed E-state index contributed by atoms with van der Waals surface area (Å²) in [7, 11) is -3.00. The molecule has 0 saturated carbocycles. The molecule has 0 unspecified atom stereocenters. The smallest absolute Gasteiger partial charge is 0.258 e. The maximum Gasteiger partial charge on any atom is 0.258 e. The summed E-state index contributed by atoms with van der Waals surface area (Å²) in [6.07, 6.45) is 0.452. The number of ether oxygens (including phenoxy) is 1. The van der Waals surface area contributed by atoms with E-state index in [0.29, 0.717) is 17.2 Å². The number of benzene rings is 1. The van der Waals surface area contributed by atoms with E-state index in [4.69, 9.17) is 16.3 Å². The number of amides is 1. The van der Waals surface area contributed by atoms with Crippen LogP contribution in [0.5, 0.6) is 5.75 Å². The Balaban J connectivity index is 1.84. The highest BCUT2D eigenvalue weighted by atomic mass is 79.9. The van der Waals surface area contributed by atoms with Crippen LogP contribution in [0.25, 0.3) is 0 Å². The van der Waals surface area contributed by atoms with Gasteiger partial charge >= 0.3 is 0 Å². The lowest BCUT2D eigenvalue weighted by atomic mass is 10.2. The number of hydrogen-bond acceptors (Lipinski definition) is 4. The third kappa shape index (κ3) is 4.36. The average molecular weight is 383 g/mol. The van der Waals surface area contributed by atoms with Gasteiger partial charge in [0.1, 0.15) is 5.75 Å². The molecule has 1 aliphatic heterocycles. The monoisotopic (exact) mass is 381 g/mol. The van der Waals surface area contributed by atoms with Crippen molar-refractivity contribution >= 4 is 43.3 Å². The van der Waals surface area contributed by atoms with Crippen LogP contribution >= 0.6 is 27.5 Å². The molecule has 0 bridgehead atoms. The molecule has 1 saturated heterocycles. The van der Waals surface area contributed by atoms with Gasteiger partial charge in [0.05, 0.1) is 16.5 Å². The predicted molar refractivity (Wildman–Crippen MR) is 79.8 cm³/mol. The zero-order chi connectivity index (χ0) is 14.8. The molecule has 0 aromatic heterocycles. The molecule has 110 valence electrons. The van der Waals surface area contributed by atoms with Crippen molar-refractivity contribution in [2.24, 2.45) is 0 Å². The van der Waals surface area contributed by atoms with Gasteiger partial charge in [-0.05, 0) is 24.6 Å². The molecule has 1 N–H and O–H groups in total. The van der Waals surface area contributed by atoms with Crippen LogP contribution in [0.2, 0.25) is 5.02 Å². The van der Waals surface area contributed by atoms with Gasteiger partial charge in [-0.25, -0.2) is 8.42 Å². The topological polar surface area (TPSA) is 72.5 Å². The first-order valence-electron chi connectivity index (χ1n) is 5.93. The SMILES string of the molecule is O=C(COc1ccc(Br)cc1Cl)N[C@H]1CCS(=O)(=O)C1. The summed E-state index contributed by atoms with van der Waals surface area (Å²) in [4.78, 5) is 11.7. The Morgan fingerprint density at radius 1 is 1.50 bits per heavy atom. The van der Waals surface area contributed by atoms with Crippen LogP contribution < -0.4 is 10.1 Å². The fourth-order valence-corrected chi connectivity index (χ4v) is 4.32. The van der Waals surface area contributed by atoms with Crippen LogP contribution in [0.3, 0.4) is 0 Å². The molecular formula is C12H13BrClNO4S. The first-order chi connectivity index (χ1) is 9.35. The van der Waals surface area contributed by atoms with E-state index in [1.54, 1.807) is 18.2 Å². The first-order valence-corrected chi connectivity index (χ1v) is 8.92. The second-order valence-corrected chi connectivity index (χ2v) is 8.08. The lowest BCUT2D eigenvalue weighted by molar-refractivity contribution is -0.123. The van der Waals surface area contributed by atoms with Crippen LogP contribution in [0.4, 0.5) is 0 Å². The molecule has 1 amide bonds. The molecule has 0 aliphatic carbocycles. The molecule has 1 aromatic carbocycles. The van der Waals surface area contributed by atoms with Gasteiger partial charge in [-0.1, -0.05) is 27.5 Å². The maximum atomic E-state index is 11.7. The van der Waals surface area contributed by atoms with Gasteiger partial charge < -0.3 is 10.1 Å². The van der Waals surface area contributed by atoms with Crippen molar-refractivity contribution in [2.75, 3.05) is 18.1 Å². The molecule has 1 atom stereocenters. The summed E-state index contributed by atoms with van der Waals surface area (Å²) in [6, 6.07) is 4.75. The molecule has 0 radical (unpaired) electrons. The van der Waals surface area contributed by atoms with E-state index in [1.807, 2.05) is 0 Å². The van der Waals surface area contributed by atoms with Crippen molar-refractivity contribution in [1.29, 1.82) is 0 Å². The van der Waals surface area contributed by atoms with Gasteiger partial charge in [0.2, 0.25) is 0 Å². The van der Waals surface area contributed by atoms with Crippen molar-refractivity contribution in [2.45, 2.75) is 12.5 Å². The second kappa shape index (κ2) is 6.32. The molecule has 1 aliphatic rings. The van der Waals surface area contributed by atoms with E-state index in [-0.39, 0.29) is 30.1 Å². The predicted octanol–water partition coefficient (Wildman–Crippen LogP) is 1.78. The van der Waals surface area contributed by atoms with Gasteiger partial charge in [-0.15, -0.1) is 0 Å². The molecule has 20 heavy (non-hydrogen) atoms. The fraction of sp³-hybridized carbons (Fsp3) is 0.417. The van der Waals surface area contributed by atoms with E-state index in [9.17, 15) is 13.2 Å². The summed E-state index contributed by atoms with van der Waals surface area (Å²) < 4.78 is 28.7. The van der Waals surface area contributed by atoms with E-state index in [2.05, 4.69) is 21.2 Å². The summed E-state index contributed by atoms with van der Waals surface area (Å²) in [5.74, 6) is 0.171. The molecule has 2 rings (SSSR count). The zero-order valence-corrected chi connectivity index (χ0v) is 13.6. The Morgan fingerprint density at radius 2 is 2.25 bits per heavy atom. The minimum atomic E-state index is -3.00. The van der Waals surface area contributed by atoms with E-state index in [0.717, 1.165) is 4.47 Å². The third-order valence-electron chi connectivity index (χ3n) is 2.85. The Kier molecular flexibility index (Phi) is 4.93. The van der Waals surface area contributed by atoms with Gasteiger partial charge in [0.15, 0.2) is 16.4 Å². The van der Waals surface area contributed by atoms with Crippen molar-refractivity contribution in [3.8, 4) is 5.75 Å². The molecule has 5 nitrogen and oxygen atoms in total. The van der Waals surface area contributed by atoms with Gasteiger partial charge in [-0.2, -0.15) is 0 Å². The quantitative estimate of drug-likeness (QED) is 0.861. The first kappa shape index (κ1) is 15.6.